The van der Waals surface area contributed by atoms with E-state index in [-0.39, 0.29) is 11.9 Å². The number of rotatable bonds is 7. The number of hydrogen-bond donors (Lipinski definition) is 2. The molecular weight excluding hydrogens is 320 g/mol. The number of hydrogen-bond acceptors (Lipinski definition) is 5. The molecule has 24 heavy (non-hydrogen) atoms. The van der Waals surface area contributed by atoms with Gasteiger partial charge < -0.3 is 10.6 Å². The molecule has 1 aliphatic heterocycles. The first-order chi connectivity index (χ1) is 11.7. The molecule has 0 bridgehead atoms. The van der Waals surface area contributed by atoms with Gasteiger partial charge in [-0.3, -0.25) is 9.69 Å². The summed E-state index contributed by atoms with van der Waals surface area (Å²) in [7, 11) is 0. The molecule has 0 aliphatic carbocycles. The Hall–Kier alpha value is -1.92. The number of amides is 1. The minimum Gasteiger partial charge on any atom is -0.370 e. The predicted molar refractivity (Wildman–Crippen MR) is 98.0 cm³/mol. The number of aromatic nitrogens is 1. The van der Waals surface area contributed by atoms with E-state index >= 15 is 0 Å². The Morgan fingerprint density at radius 2 is 2.33 bits per heavy atom. The van der Waals surface area contributed by atoms with Gasteiger partial charge in [0.2, 0.25) is 5.91 Å². The van der Waals surface area contributed by atoms with Crippen LogP contribution in [0.25, 0.3) is 0 Å². The number of carbonyl (C=O) groups is 1. The fourth-order valence-corrected chi connectivity index (χ4v) is 3.64. The second-order valence-electron chi connectivity index (χ2n) is 6.22. The topological polar surface area (TPSA) is 57.3 Å². The van der Waals surface area contributed by atoms with E-state index in [0.717, 1.165) is 31.9 Å². The van der Waals surface area contributed by atoms with Crippen LogP contribution in [0.2, 0.25) is 0 Å². The number of thiophene rings is 1. The highest BCUT2D eigenvalue weighted by molar-refractivity contribution is 7.09. The average Bonchev–Trinajstić information content (AvgIpc) is 3.30. The predicted octanol–water partition coefficient (Wildman–Crippen LogP) is 2.58. The largest absolute Gasteiger partial charge is 0.370 e. The highest BCUT2D eigenvalue weighted by atomic mass is 32.1. The summed E-state index contributed by atoms with van der Waals surface area (Å²) in [5.41, 5.74) is 0. The fourth-order valence-electron chi connectivity index (χ4n) is 3.00. The summed E-state index contributed by atoms with van der Waals surface area (Å²) < 4.78 is 0. The number of nitrogens with one attached hydrogen (secondary N) is 2. The first kappa shape index (κ1) is 16.9. The highest BCUT2D eigenvalue weighted by Crippen LogP contribution is 2.19. The van der Waals surface area contributed by atoms with Gasteiger partial charge in [-0.05, 0) is 49.4 Å². The molecule has 1 saturated heterocycles. The highest BCUT2D eigenvalue weighted by Gasteiger charge is 2.29. The SMILES string of the molecule is C[C@H](C(=O)NCc1cccs1)N1CC[C@@H](CNc2ccccn2)C1. The average molecular weight is 344 g/mol. The number of likely N-dealkylation sites (tertiary alicyclic amines) is 1. The van der Waals surface area contributed by atoms with Gasteiger partial charge in [0.05, 0.1) is 12.6 Å². The molecule has 0 spiro atoms. The van der Waals surface area contributed by atoms with Crippen molar-refractivity contribution in [3.05, 3.63) is 46.8 Å². The molecule has 1 amide bonds. The van der Waals surface area contributed by atoms with Crippen LogP contribution >= 0.6 is 11.3 Å². The van der Waals surface area contributed by atoms with E-state index in [9.17, 15) is 4.79 Å². The van der Waals surface area contributed by atoms with Gasteiger partial charge in [-0.2, -0.15) is 0 Å². The monoisotopic (exact) mass is 344 g/mol. The quantitative estimate of drug-likeness (QED) is 0.811. The van der Waals surface area contributed by atoms with Crippen LogP contribution in [0.1, 0.15) is 18.2 Å². The standard InChI is InChI=1S/C18H24N4OS/c1-14(18(23)21-12-16-5-4-10-24-16)22-9-7-15(13-22)11-20-17-6-2-3-8-19-17/h2-6,8,10,14-15H,7,9,11-13H2,1H3,(H,19,20)(H,21,23)/t14-,15+/m1/s1. The Bertz CT molecular complexity index is 632. The van der Waals surface area contributed by atoms with Gasteiger partial charge in [0.15, 0.2) is 0 Å². The zero-order valence-electron chi connectivity index (χ0n) is 13.9. The van der Waals surface area contributed by atoms with Crippen LogP contribution in [0, 0.1) is 5.92 Å². The fraction of sp³-hybridized carbons (Fsp3) is 0.444. The second-order valence-corrected chi connectivity index (χ2v) is 7.25. The molecule has 1 fully saturated rings. The molecule has 3 heterocycles. The summed E-state index contributed by atoms with van der Waals surface area (Å²) in [6.07, 6.45) is 2.91. The maximum absolute atomic E-state index is 12.3. The van der Waals surface area contributed by atoms with Crippen molar-refractivity contribution < 1.29 is 4.79 Å². The summed E-state index contributed by atoms with van der Waals surface area (Å²) in [4.78, 5) is 20.1. The lowest BCUT2D eigenvalue weighted by Crippen LogP contribution is -2.44. The summed E-state index contributed by atoms with van der Waals surface area (Å²) in [6.45, 7) is 5.45. The number of anilines is 1. The van der Waals surface area contributed by atoms with Gasteiger partial charge in [0, 0.05) is 24.2 Å². The Morgan fingerprint density at radius 1 is 1.42 bits per heavy atom. The van der Waals surface area contributed by atoms with Crippen molar-refractivity contribution >= 4 is 23.1 Å². The van der Waals surface area contributed by atoms with E-state index in [4.69, 9.17) is 0 Å². The van der Waals surface area contributed by atoms with Crippen molar-refractivity contribution in [1.82, 2.24) is 15.2 Å². The Morgan fingerprint density at radius 3 is 3.08 bits per heavy atom. The first-order valence-corrected chi connectivity index (χ1v) is 9.29. The first-order valence-electron chi connectivity index (χ1n) is 8.41. The molecule has 0 aromatic carbocycles. The third-order valence-electron chi connectivity index (χ3n) is 4.50. The minimum absolute atomic E-state index is 0.0789. The van der Waals surface area contributed by atoms with Crippen LogP contribution in [0.5, 0.6) is 0 Å². The molecule has 2 aromatic heterocycles. The van der Waals surface area contributed by atoms with Crippen LogP contribution in [-0.2, 0) is 11.3 Å². The molecule has 2 atom stereocenters. The number of nitrogens with zero attached hydrogens (tertiary/aromatic N) is 2. The molecule has 2 aromatic rings. The van der Waals surface area contributed by atoms with Gasteiger partial charge in [-0.25, -0.2) is 4.98 Å². The normalized spacial score (nSPS) is 19.1. The lowest BCUT2D eigenvalue weighted by atomic mass is 10.1. The van der Waals surface area contributed by atoms with Crippen LogP contribution in [-0.4, -0.2) is 41.5 Å². The third-order valence-corrected chi connectivity index (χ3v) is 5.37. The maximum Gasteiger partial charge on any atom is 0.237 e. The molecule has 0 radical (unpaired) electrons. The van der Waals surface area contributed by atoms with Gasteiger partial charge in [0.25, 0.3) is 0 Å². The maximum atomic E-state index is 12.3. The molecular formula is C18H24N4OS. The molecule has 0 saturated carbocycles. The van der Waals surface area contributed by atoms with Crippen molar-refractivity contribution in [1.29, 1.82) is 0 Å². The van der Waals surface area contributed by atoms with E-state index in [2.05, 4.69) is 20.5 Å². The van der Waals surface area contributed by atoms with Crippen molar-refractivity contribution in [2.75, 3.05) is 25.0 Å². The zero-order chi connectivity index (χ0) is 16.8. The summed E-state index contributed by atoms with van der Waals surface area (Å²) in [5, 5.41) is 8.45. The number of pyridine rings is 1. The van der Waals surface area contributed by atoms with Crippen molar-refractivity contribution in [2.45, 2.75) is 25.9 Å². The van der Waals surface area contributed by atoms with E-state index in [1.54, 1.807) is 17.5 Å². The van der Waals surface area contributed by atoms with Crippen molar-refractivity contribution in [3.63, 3.8) is 0 Å². The summed E-state index contributed by atoms with van der Waals surface area (Å²) >= 11 is 1.67. The summed E-state index contributed by atoms with van der Waals surface area (Å²) in [6, 6.07) is 9.85. The molecule has 2 N–H and O–H groups in total. The van der Waals surface area contributed by atoms with Gasteiger partial charge in [-0.1, -0.05) is 12.1 Å². The molecule has 5 nitrogen and oxygen atoms in total. The zero-order valence-corrected chi connectivity index (χ0v) is 14.8. The van der Waals surface area contributed by atoms with Crippen LogP contribution < -0.4 is 10.6 Å². The lowest BCUT2D eigenvalue weighted by molar-refractivity contribution is -0.125. The Balaban J connectivity index is 1.41. The van der Waals surface area contributed by atoms with Crippen LogP contribution in [0.4, 0.5) is 5.82 Å². The minimum atomic E-state index is -0.0789. The van der Waals surface area contributed by atoms with Crippen LogP contribution in [0.3, 0.4) is 0 Å². The lowest BCUT2D eigenvalue weighted by Gasteiger charge is -2.23. The van der Waals surface area contributed by atoms with E-state index in [1.807, 2.05) is 42.6 Å². The molecule has 6 heteroatoms. The smallest absolute Gasteiger partial charge is 0.237 e. The van der Waals surface area contributed by atoms with Gasteiger partial charge in [0.1, 0.15) is 5.82 Å². The summed E-state index contributed by atoms with van der Waals surface area (Å²) in [5.74, 6) is 1.58. The van der Waals surface area contributed by atoms with Crippen molar-refractivity contribution in [2.24, 2.45) is 5.92 Å². The third kappa shape index (κ3) is 4.55. The van der Waals surface area contributed by atoms with Gasteiger partial charge >= 0.3 is 0 Å². The van der Waals surface area contributed by atoms with Gasteiger partial charge in [-0.15, -0.1) is 11.3 Å². The van der Waals surface area contributed by atoms with E-state index in [0.29, 0.717) is 12.5 Å². The van der Waals surface area contributed by atoms with Crippen molar-refractivity contribution in [3.8, 4) is 0 Å². The molecule has 128 valence electrons. The second kappa shape index (κ2) is 8.26. The Labute approximate surface area is 147 Å². The molecule has 0 unspecified atom stereocenters. The van der Waals surface area contributed by atoms with Crippen LogP contribution in [0.15, 0.2) is 41.9 Å². The molecule has 3 rings (SSSR count). The Kier molecular flexibility index (Phi) is 5.82. The molecule has 1 aliphatic rings. The number of carbonyl (C=O) groups excluding carboxylic acids is 1. The van der Waals surface area contributed by atoms with E-state index in [1.165, 1.54) is 4.88 Å². The van der Waals surface area contributed by atoms with E-state index < -0.39 is 0 Å².